The summed E-state index contributed by atoms with van der Waals surface area (Å²) in [5.41, 5.74) is 0. The first kappa shape index (κ1) is 14.7. The largest absolute Gasteiger partial charge is 0.360 e. The van der Waals surface area contributed by atoms with Gasteiger partial charge in [-0.05, 0) is 58.0 Å². The Bertz CT molecular complexity index is 225. The number of thiocarbonyl (C=S) groups is 1. The van der Waals surface area contributed by atoms with Crippen LogP contribution in [0.1, 0.15) is 40.0 Å². The van der Waals surface area contributed by atoms with E-state index in [-0.39, 0.29) is 0 Å². The third-order valence-corrected chi connectivity index (χ3v) is 3.75. The van der Waals surface area contributed by atoms with Gasteiger partial charge in [0.25, 0.3) is 0 Å². The van der Waals surface area contributed by atoms with Crippen molar-refractivity contribution in [1.29, 1.82) is 0 Å². The van der Waals surface area contributed by atoms with Gasteiger partial charge in [-0.3, -0.25) is 0 Å². The first-order valence-electron chi connectivity index (χ1n) is 6.99. The van der Waals surface area contributed by atoms with E-state index >= 15 is 0 Å². The third-order valence-electron chi connectivity index (χ3n) is 3.37. The Labute approximate surface area is 112 Å². The summed E-state index contributed by atoms with van der Waals surface area (Å²) in [7, 11) is 0. The lowest BCUT2D eigenvalue weighted by Gasteiger charge is -2.26. The van der Waals surface area contributed by atoms with Crippen LogP contribution < -0.4 is 5.32 Å². The molecule has 0 heterocycles. The van der Waals surface area contributed by atoms with Crippen molar-refractivity contribution in [3.8, 4) is 0 Å². The number of hydrogen-bond donors (Lipinski definition) is 1. The molecule has 0 aliphatic heterocycles. The zero-order valence-corrected chi connectivity index (χ0v) is 12.4. The van der Waals surface area contributed by atoms with Crippen LogP contribution in [-0.4, -0.2) is 53.7 Å². The topological polar surface area (TPSA) is 18.5 Å². The Morgan fingerprint density at radius 3 is 2.24 bits per heavy atom. The molecule has 0 bridgehead atoms. The first-order chi connectivity index (χ1) is 8.21. The maximum absolute atomic E-state index is 5.43. The molecule has 0 aromatic heterocycles. The fourth-order valence-electron chi connectivity index (χ4n) is 1.92. The average molecular weight is 257 g/mol. The SMILES string of the molecule is CCN(CC)CCCN(CC)C(=S)NC1CC1. The van der Waals surface area contributed by atoms with Crippen molar-refractivity contribution in [2.75, 3.05) is 32.7 Å². The van der Waals surface area contributed by atoms with Gasteiger partial charge < -0.3 is 15.1 Å². The zero-order valence-electron chi connectivity index (χ0n) is 11.5. The van der Waals surface area contributed by atoms with Gasteiger partial charge >= 0.3 is 0 Å². The molecule has 17 heavy (non-hydrogen) atoms. The molecule has 0 radical (unpaired) electrons. The van der Waals surface area contributed by atoms with Crippen molar-refractivity contribution >= 4 is 17.3 Å². The molecule has 1 aliphatic carbocycles. The van der Waals surface area contributed by atoms with Crippen LogP contribution in [0.3, 0.4) is 0 Å². The van der Waals surface area contributed by atoms with Gasteiger partial charge in [0.1, 0.15) is 0 Å². The third kappa shape index (κ3) is 5.68. The van der Waals surface area contributed by atoms with Crippen LogP contribution in [0.25, 0.3) is 0 Å². The van der Waals surface area contributed by atoms with Gasteiger partial charge in [-0.2, -0.15) is 0 Å². The van der Waals surface area contributed by atoms with Crippen LogP contribution in [0.4, 0.5) is 0 Å². The number of nitrogens with zero attached hydrogens (tertiary/aromatic N) is 2. The highest BCUT2D eigenvalue weighted by molar-refractivity contribution is 7.80. The molecule has 1 aliphatic rings. The van der Waals surface area contributed by atoms with Gasteiger partial charge in [-0.1, -0.05) is 13.8 Å². The van der Waals surface area contributed by atoms with E-state index in [1.54, 1.807) is 0 Å². The summed E-state index contributed by atoms with van der Waals surface area (Å²) in [6, 6.07) is 0.666. The molecular formula is C13H27N3S. The molecule has 0 aromatic rings. The summed E-state index contributed by atoms with van der Waals surface area (Å²) >= 11 is 5.43. The molecule has 3 nitrogen and oxygen atoms in total. The fraction of sp³-hybridized carbons (Fsp3) is 0.923. The van der Waals surface area contributed by atoms with Gasteiger partial charge in [0, 0.05) is 19.1 Å². The van der Waals surface area contributed by atoms with Crippen LogP contribution >= 0.6 is 12.2 Å². The minimum atomic E-state index is 0.666. The normalized spacial score (nSPS) is 15.1. The molecule has 1 rings (SSSR count). The van der Waals surface area contributed by atoms with E-state index in [1.165, 1.54) is 25.8 Å². The van der Waals surface area contributed by atoms with Crippen molar-refractivity contribution in [1.82, 2.24) is 15.1 Å². The minimum absolute atomic E-state index is 0.666. The molecule has 1 fully saturated rings. The smallest absolute Gasteiger partial charge is 0.169 e. The number of hydrogen-bond acceptors (Lipinski definition) is 2. The lowest BCUT2D eigenvalue weighted by atomic mass is 10.3. The molecule has 1 saturated carbocycles. The van der Waals surface area contributed by atoms with E-state index < -0.39 is 0 Å². The van der Waals surface area contributed by atoms with Gasteiger partial charge in [-0.15, -0.1) is 0 Å². The van der Waals surface area contributed by atoms with Crippen LogP contribution in [0.5, 0.6) is 0 Å². The molecule has 0 atom stereocenters. The second kappa shape index (κ2) is 7.88. The van der Waals surface area contributed by atoms with Crippen LogP contribution in [-0.2, 0) is 0 Å². The monoisotopic (exact) mass is 257 g/mol. The highest BCUT2D eigenvalue weighted by atomic mass is 32.1. The maximum atomic E-state index is 5.43. The molecule has 1 N–H and O–H groups in total. The molecule has 100 valence electrons. The van der Waals surface area contributed by atoms with Crippen molar-refractivity contribution < 1.29 is 0 Å². The molecule has 0 saturated heterocycles. The second-order valence-electron chi connectivity index (χ2n) is 4.68. The summed E-state index contributed by atoms with van der Waals surface area (Å²) in [5.74, 6) is 0. The molecule has 0 spiro atoms. The molecule has 0 unspecified atom stereocenters. The molecule has 0 aromatic carbocycles. The Hall–Kier alpha value is -0.350. The van der Waals surface area contributed by atoms with Crippen LogP contribution in [0.15, 0.2) is 0 Å². The average Bonchev–Trinajstić information content (AvgIpc) is 3.13. The van der Waals surface area contributed by atoms with Gasteiger partial charge in [0.15, 0.2) is 5.11 Å². The Morgan fingerprint density at radius 2 is 1.76 bits per heavy atom. The van der Waals surface area contributed by atoms with E-state index in [2.05, 4.69) is 35.9 Å². The Kier molecular flexibility index (Phi) is 6.82. The second-order valence-corrected chi connectivity index (χ2v) is 5.07. The standard InChI is InChI=1S/C13H27N3S/c1-4-15(5-2)10-7-11-16(6-3)13(17)14-12-8-9-12/h12H,4-11H2,1-3H3,(H,14,17). The van der Waals surface area contributed by atoms with Crippen LogP contribution in [0.2, 0.25) is 0 Å². The summed E-state index contributed by atoms with van der Waals surface area (Å²) in [6.07, 6.45) is 3.77. The summed E-state index contributed by atoms with van der Waals surface area (Å²) in [6.45, 7) is 12.2. The van der Waals surface area contributed by atoms with E-state index in [1.807, 2.05) is 0 Å². The highest BCUT2D eigenvalue weighted by Crippen LogP contribution is 2.19. The van der Waals surface area contributed by atoms with Gasteiger partial charge in [0.05, 0.1) is 0 Å². The summed E-state index contributed by atoms with van der Waals surface area (Å²) in [4.78, 5) is 4.75. The van der Waals surface area contributed by atoms with Crippen molar-refractivity contribution in [3.63, 3.8) is 0 Å². The lowest BCUT2D eigenvalue weighted by molar-refractivity contribution is 0.283. The van der Waals surface area contributed by atoms with Crippen molar-refractivity contribution in [2.24, 2.45) is 0 Å². The molecule has 0 amide bonds. The van der Waals surface area contributed by atoms with Crippen LogP contribution in [0, 0.1) is 0 Å². The molecule has 4 heteroatoms. The van der Waals surface area contributed by atoms with E-state index in [0.29, 0.717) is 6.04 Å². The zero-order chi connectivity index (χ0) is 12.7. The van der Waals surface area contributed by atoms with E-state index in [4.69, 9.17) is 12.2 Å². The fourth-order valence-corrected chi connectivity index (χ4v) is 2.31. The first-order valence-corrected chi connectivity index (χ1v) is 7.39. The predicted molar refractivity (Wildman–Crippen MR) is 78.4 cm³/mol. The van der Waals surface area contributed by atoms with Crippen molar-refractivity contribution in [3.05, 3.63) is 0 Å². The Balaban J connectivity index is 2.18. The number of rotatable bonds is 8. The van der Waals surface area contributed by atoms with Crippen molar-refractivity contribution in [2.45, 2.75) is 46.1 Å². The minimum Gasteiger partial charge on any atom is -0.360 e. The van der Waals surface area contributed by atoms with E-state index in [9.17, 15) is 0 Å². The highest BCUT2D eigenvalue weighted by Gasteiger charge is 2.23. The summed E-state index contributed by atoms with van der Waals surface area (Å²) in [5, 5.41) is 4.37. The van der Waals surface area contributed by atoms with E-state index in [0.717, 1.165) is 31.3 Å². The predicted octanol–water partition coefficient (Wildman–Crippen LogP) is 2.08. The quantitative estimate of drug-likeness (QED) is 0.671. The summed E-state index contributed by atoms with van der Waals surface area (Å²) < 4.78 is 0. The lowest BCUT2D eigenvalue weighted by Crippen LogP contribution is -2.42. The Morgan fingerprint density at radius 1 is 1.12 bits per heavy atom. The number of nitrogens with one attached hydrogen (secondary N) is 1. The maximum Gasteiger partial charge on any atom is 0.169 e. The van der Waals surface area contributed by atoms with Gasteiger partial charge in [0.2, 0.25) is 0 Å². The molecular weight excluding hydrogens is 230 g/mol. The van der Waals surface area contributed by atoms with Gasteiger partial charge in [-0.25, -0.2) is 0 Å².